The highest BCUT2D eigenvalue weighted by Crippen LogP contribution is 2.27. The summed E-state index contributed by atoms with van der Waals surface area (Å²) in [6.45, 7) is 1.68. The molecule has 0 amide bonds. The van der Waals surface area contributed by atoms with E-state index >= 15 is 0 Å². The molecule has 0 spiro atoms. The van der Waals surface area contributed by atoms with Crippen molar-refractivity contribution in [1.29, 1.82) is 0 Å². The summed E-state index contributed by atoms with van der Waals surface area (Å²) in [7, 11) is 0. The Morgan fingerprint density at radius 1 is 1.38 bits per heavy atom. The normalized spacial score (nSPS) is 17.9. The van der Waals surface area contributed by atoms with Gasteiger partial charge < -0.3 is 4.79 Å². The maximum atomic E-state index is 10.7. The quantitative estimate of drug-likeness (QED) is 0.612. The fourth-order valence-corrected chi connectivity index (χ4v) is 3.03. The first-order chi connectivity index (χ1) is 6.29. The molecule has 1 aliphatic rings. The van der Waals surface area contributed by atoms with Crippen molar-refractivity contribution >= 4 is 17.5 Å². The monoisotopic (exact) mass is 200 g/mol. The molecule has 1 fully saturated rings. The van der Waals surface area contributed by atoms with E-state index in [1.54, 1.807) is 6.92 Å². The highest BCUT2D eigenvalue weighted by Gasteiger charge is 2.14. The average Bonchev–Trinajstić information content (AvgIpc) is 2.55. The number of rotatable bonds is 6. The van der Waals surface area contributed by atoms with Crippen molar-refractivity contribution in [2.75, 3.05) is 11.5 Å². The number of carbonyl (C=O) groups excluding carboxylic acids is 1. The Hall–Kier alpha value is 0.0200. The maximum absolute atomic E-state index is 10.7. The van der Waals surface area contributed by atoms with E-state index in [2.05, 4.69) is 0 Å². The van der Waals surface area contributed by atoms with Gasteiger partial charge in [-0.1, -0.05) is 12.8 Å². The van der Waals surface area contributed by atoms with E-state index in [0.29, 0.717) is 5.78 Å². The first-order valence-corrected chi connectivity index (χ1v) is 6.51. The van der Waals surface area contributed by atoms with Crippen LogP contribution in [0.3, 0.4) is 0 Å². The SMILES string of the molecule is CC(=O)CCCSCC1CCCC1. The van der Waals surface area contributed by atoms with E-state index in [0.717, 1.165) is 18.8 Å². The zero-order valence-corrected chi connectivity index (χ0v) is 9.37. The molecule has 0 unspecified atom stereocenters. The van der Waals surface area contributed by atoms with Gasteiger partial charge in [0, 0.05) is 6.42 Å². The second-order valence-electron chi connectivity index (χ2n) is 4.03. The number of hydrogen-bond donors (Lipinski definition) is 0. The van der Waals surface area contributed by atoms with Gasteiger partial charge in [-0.05, 0) is 43.6 Å². The van der Waals surface area contributed by atoms with Gasteiger partial charge in [-0.2, -0.15) is 11.8 Å². The molecule has 0 aliphatic heterocycles. The molecule has 0 N–H and O–H groups in total. The van der Waals surface area contributed by atoms with E-state index in [-0.39, 0.29) is 0 Å². The third-order valence-electron chi connectivity index (χ3n) is 2.65. The lowest BCUT2D eigenvalue weighted by Crippen LogP contribution is -1.98. The van der Waals surface area contributed by atoms with Gasteiger partial charge in [0.05, 0.1) is 0 Å². The highest BCUT2D eigenvalue weighted by molar-refractivity contribution is 7.99. The number of ketones is 1. The number of hydrogen-bond acceptors (Lipinski definition) is 2. The van der Waals surface area contributed by atoms with Crippen LogP contribution in [0.25, 0.3) is 0 Å². The van der Waals surface area contributed by atoms with Gasteiger partial charge in [0.25, 0.3) is 0 Å². The van der Waals surface area contributed by atoms with Gasteiger partial charge in [0.15, 0.2) is 0 Å². The summed E-state index contributed by atoms with van der Waals surface area (Å²) in [5.74, 6) is 3.83. The predicted molar refractivity (Wildman–Crippen MR) is 59.2 cm³/mol. The van der Waals surface area contributed by atoms with Crippen molar-refractivity contribution in [2.45, 2.75) is 45.4 Å². The minimum atomic E-state index is 0.335. The van der Waals surface area contributed by atoms with Crippen LogP contribution in [-0.2, 0) is 4.79 Å². The molecule has 0 heterocycles. The Morgan fingerprint density at radius 2 is 2.08 bits per heavy atom. The predicted octanol–water partition coefficient (Wildman–Crippen LogP) is 3.28. The summed E-state index contributed by atoms with van der Waals surface area (Å²) in [4.78, 5) is 10.7. The van der Waals surface area contributed by atoms with Gasteiger partial charge >= 0.3 is 0 Å². The minimum Gasteiger partial charge on any atom is -0.300 e. The summed E-state index contributed by atoms with van der Waals surface area (Å²) in [5.41, 5.74) is 0. The van der Waals surface area contributed by atoms with Crippen LogP contribution in [0.15, 0.2) is 0 Å². The molecular formula is C11H20OS. The van der Waals surface area contributed by atoms with E-state index in [4.69, 9.17) is 0 Å². The minimum absolute atomic E-state index is 0.335. The molecule has 2 heteroatoms. The molecular weight excluding hydrogens is 180 g/mol. The zero-order valence-electron chi connectivity index (χ0n) is 8.55. The van der Waals surface area contributed by atoms with E-state index in [9.17, 15) is 4.79 Å². The summed E-state index contributed by atoms with van der Waals surface area (Å²) in [5, 5.41) is 0. The van der Waals surface area contributed by atoms with Crippen LogP contribution in [0.1, 0.15) is 45.4 Å². The van der Waals surface area contributed by atoms with E-state index in [1.165, 1.54) is 37.2 Å². The Labute approximate surface area is 85.7 Å². The van der Waals surface area contributed by atoms with Crippen LogP contribution in [0.5, 0.6) is 0 Å². The molecule has 1 aliphatic carbocycles. The second kappa shape index (κ2) is 6.47. The molecule has 1 saturated carbocycles. The number of carbonyl (C=O) groups is 1. The second-order valence-corrected chi connectivity index (χ2v) is 5.18. The largest absolute Gasteiger partial charge is 0.300 e. The molecule has 13 heavy (non-hydrogen) atoms. The first-order valence-electron chi connectivity index (χ1n) is 5.36. The lowest BCUT2D eigenvalue weighted by Gasteiger charge is -2.07. The van der Waals surface area contributed by atoms with Crippen molar-refractivity contribution in [3.8, 4) is 0 Å². The topological polar surface area (TPSA) is 17.1 Å². The van der Waals surface area contributed by atoms with Crippen LogP contribution in [0.2, 0.25) is 0 Å². The van der Waals surface area contributed by atoms with E-state index in [1.807, 2.05) is 11.8 Å². The van der Waals surface area contributed by atoms with Crippen LogP contribution in [-0.4, -0.2) is 17.3 Å². The summed E-state index contributed by atoms with van der Waals surface area (Å²) >= 11 is 2.04. The fourth-order valence-electron chi connectivity index (χ4n) is 1.85. The molecule has 76 valence electrons. The smallest absolute Gasteiger partial charge is 0.129 e. The van der Waals surface area contributed by atoms with Crippen LogP contribution < -0.4 is 0 Å². The zero-order chi connectivity index (χ0) is 9.52. The molecule has 0 aromatic rings. The lowest BCUT2D eigenvalue weighted by molar-refractivity contribution is -0.117. The molecule has 0 radical (unpaired) electrons. The third kappa shape index (κ3) is 5.35. The highest BCUT2D eigenvalue weighted by atomic mass is 32.2. The molecule has 0 aromatic heterocycles. The van der Waals surface area contributed by atoms with Crippen LogP contribution in [0.4, 0.5) is 0 Å². The van der Waals surface area contributed by atoms with Gasteiger partial charge in [-0.3, -0.25) is 0 Å². The molecule has 1 rings (SSSR count). The number of thioether (sulfide) groups is 1. The maximum Gasteiger partial charge on any atom is 0.129 e. The Kier molecular flexibility index (Phi) is 5.52. The van der Waals surface area contributed by atoms with Gasteiger partial charge in [-0.15, -0.1) is 0 Å². The Bertz CT molecular complexity index is 150. The summed E-state index contributed by atoms with van der Waals surface area (Å²) < 4.78 is 0. The van der Waals surface area contributed by atoms with Crippen LogP contribution >= 0.6 is 11.8 Å². The molecule has 0 atom stereocenters. The lowest BCUT2D eigenvalue weighted by atomic mass is 10.1. The van der Waals surface area contributed by atoms with Crippen molar-refractivity contribution < 1.29 is 4.79 Å². The summed E-state index contributed by atoms with van der Waals surface area (Å²) in [6.07, 6.45) is 7.63. The van der Waals surface area contributed by atoms with Gasteiger partial charge in [0.2, 0.25) is 0 Å². The van der Waals surface area contributed by atoms with Crippen molar-refractivity contribution in [3.05, 3.63) is 0 Å². The van der Waals surface area contributed by atoms with E-state index < -0.39 is 0 Å². The Morgan fingerprint density at radius 3 is 2.69 bits per heavy atom. The fraction of sp³-hybridized carbons (Fsp3) is 0.909. The first kappa shape index (κ1) is 11.1. The van der Waals surface area contributed by atoms with Crippen LogP contribution in [0, 0.1) is 5.92 Å². The molecule has 0 saturated heterocycles. The summed E-state index contributed by atoms with van der Waals surface area (Å²) in [6, 6.07) is 0. The van der Waals surface area contributed by atoms with Crippen molar-refractivity contribution in [3.63, 3.8) is 0 Å². The van der Waals surface area contributed by atoms with Crippen molar-refractivity contribution in [1.82, 2.24) is 0 Å². The number of Topliss-reactive ketones (excluding diaryl/α,β-unsaturated/α-hetero) is 1. The van der Waals surface area contributed by atoms with Gasteiger partial charge in [-0.25, -0.2) is 0 Å². The standard InChI is InChI=1S/C11H20OS/c1-10(12)5-4-8-13-9-11-6-2-3-7-11/h11H,2-9H2,1H3. The molecule has 0 bridgehead atoms. The Balaban J connectivity index is 1.86. The third-order valence-corrected chi connectivity index (χ3v) is 3.93. The molecule has 1 nitrogen and oxygen atoms in total. The average molecular weight is 200 g/mol. The van der Waals surface area contributed by atoms with Crippen molar-refractivity contribution in [2.24, 2.45) is 5.92 Å². The molecule has 0 aromatic carbocycles. The van der Waals surface area contributed by atoms with Gasteiger partial charge in [0.1, 0.15) is 5.78 Å².